The number of imidazole rings is 1. The predicted octanol–water partition coefficient (Wildman–Crippen LogP) is 1.64. The van der Waals surface area contributed by atoms with E-state index in [9.17, 15) is 0 Å². The summed E-state index contributed by atoms with van der Waals surface area (Å²) in [6, 6.07) is 3.78. The maximum atomic E-state index is 6.22. The number of hydrogen-bond donors (Lipinski definition) is 1. The Labute approximate surface area is 99.1 Å². The molecule has 2 aromatic rings. The second-order valence-corrected chi connectivity index (χ2v) is 3.86. The summed E-state index contributed by atoms with van der Waals surface area (Å²) in [5.74, 6) is 0.902. The van der Waals surface area contributed by atoms with Gasteiger partial charge < -0.3 is 10.3 Å². The molecular weight excluding hydrogens is 224 g/mol. The highest BCUT2D eigenvalue weighted by atomic mass is 35.5. The van der Waals surface area contributed by atoms with Crippen LogP contribution in [0, 0.1) is 0 Å². The quantitative estimate of drug-likeness (QED) is 0.882. The second-order valence-electron chi connectivity index (χ2n) is 3.50. The topological polar surface area (TPSA) is 56.7 Å². The highest BCUT2D eigenvalue weighted by Crippen LogP contribution is 2.27. The van der Waals surface area contributed by atoms with Gasteiger partial charge in [-0.1, -0.05) is 11.6 Å². The molecule has 2 rings (SSSR count). The van der Waals surface area contributed by atoms with Crippen LogP contribution in [0.3, 0.4) is 0 Å². The van der Waals surface area contributed by atoms with Gasteiger partial charge in [0.15, 0.2) is 0 Å². The van der Waals surface area contributed by atoms with Crippen molar-refractivity contribution < 1.29 is 0 Å². The average Bonchev–Trinajstić information content (AvgIpc) is 2.59. The van der Waals surface area contributed by atoms with E-state index in [0.29, 0.717) is 11.7 Å². The lowest BCUT2D eigenvalue weighted by molar-refractivity contribution is 0.778. The summed E-state index contributed by atoms with van der Waals surface area (Å²) in [7, 11) is 1.89. The Bertz CT molecular complexity index is 478. The normalized spacial score (nSPS) is 10.7. The van der Waals surface area contributed by atoms with Gasteiger partial charge in [0.25, 0.3) is 0 Å². The van der Waals surface area contributed by atoms with Crippen LogP contribution in [-0.4, -0.2) is 21.1 Å². The van der Waals surface area contributed by atoms with Crippen LogP contribution >= 0.6 is 11.6 Å². The molecule has 0 saturated heterocycles. The zero-order chi connectivity index (χ0) is 11.5. The summed E-state index contributed by atoms with van der Waals surface area (Å²) in [5, 5.41) is 0.634. The van der Waals surface area contributed by atoms with Crippen LogP contribution in [0.25, 0.3) is 11.3 Å². The molecule has 0 saturated carbocycles. The highest BCUT2D eigenvalue weighted by molar-refractivity contribution is 6.32. The summed E-state index contributed by atoms with van der Waals surface area (Å²) in [6.45, 7) is 0.566. The molecule has 2 N–H and O–H groups in total. The smallest absolute Gasteiger partial charge is 0.136 e. The van der Waals surface area contributed by atoms with Gasteiger partial charge in [-0.05, 0) is 18.7 Å². The van der Waals surface area contributed by atoms with Gasteiger partial charge >= 0.3 is 0 Å². The van der Waals surface area contributed by atoms with Crippen molar-refractivity contribution in [3.8, 4) is 11.3 Å². The summed E-state index contributed by atoms with van der Waals surface area (Å²) in [5.41, 5.74) is 7.28. The van der Waals surface area contributed by atoms with Gasteiger partial charge in [-0.2, -0.15) is 0 Å². The minimum absolute atomic E-state index is 0.566. The molecule has 2 heterocycles. The Morgan fingerprint density at radius 3 is 2.69 bits per heavy atom. The van der Waals surface area contributed by atoms with E-state index in [0.717, 1.165) is 23.5 Å². The van der Waals surface area contributed by atoms with Crippen molar-refractivity contribution in [2.75, 3.05) is 6.54 Å². The number of rotatable bonds is 3. The zero-order valence-corrected chi connectivity index (χ0v) is 9.78. The number of hydrogen-bond acceptors (Lipinski definition) is 3. The van der Waals surface area contributed by atoms with E-state index in [1.165, 1.54) is 0 Å². The first-order chi connectivity index (χ1) is 7.74. The van der Waals surface area contributed by atoms with Crippen molar-refractivity contribution in [1.82, 2.24) is 14.5 Å². The molecule has 0 aliphatic rings. The number of nitrogens with two attached hydrogens (primary N) is 1. The maximum absolute atomic E-state index is 6.22. The lowest BCUT2D eigenvalue weighted by atomic mass is 10.2. The molecule has 16 heavy (non-hydrogen) atoms. The van der Waals surface area contributed by atoms with Gasteiger partial charge in [-0.25, -0.2) is 4.98 Å². The van der Waals surface area contributed by atoms with Gasteiger partial charge in [-0.3, -0.25) is 4.98 Å². The molecule has 0 aliphatic heterocycles. The molecule has 2 aromatic heterocycles. The maximum Gasteiger partial charge on any atom is 0.136 e. The third-order valence-electron chi connectivity index (χ3n) is 2.44. The van der Waals surface area contributed by atoms with Gasteiger partial charge in [0, 0.05) is 31.4 Å². The minimum Gasteiger partial charge on any atom is -0.330 e. The van der Waals surface area contributed by atoms with Gasteiger partial charge in [0.05, 0.1) is 0 Å². The molecule has 5 heteroatoms. The van der Waals surface area contributed by atoms with E-state index >= 15 is 0 Å². The molecule has 0 fully saturated rings. The first-order valence-corrected chi connectivity index (χ1v) is 5.43. The fourth-order valence-corrected chi connectivity index (χ4v) is 1.82. The van der Waals surface area contributed by atoms with E-state index in [4.69, 9.17) is 17.3 Å². The standard InChI is InChI=1S/C11H13ClN4/c1-16-9(2-5-13)15-10(11(16)12)8-3-6-14-7-4-8/h3-4,6-7H,2,5,13H2,1H3. The molecule has 0 bridgehead atoms. The summed E-state index contributed by atoms with van der Waals surface area (Å²) < 4.78 is 1.87. The number of halogens is 1. The van der Waals surface area contributed by atoms with E-state index in [-0.39, 0.29) is 0 Å². The SMILES string of the molecule is Cn1c(CCN)nc(-c2ccncc2)c1Cl. The molecule has 0 atom stereocenters. The Balaban J connectivity index is 2.46. The van der Waals surface area contributed by atoms with Gasteiger partial charge in [0.2, 0.25) is 0 Å². The first kappa shape index (κ1) is 11.1. The van der Waals surface area contributed by atoms with Crippen LogP contribution in [-0.2, 0) is 13.5 Å². The zero-order valence-electron chi connectivity index (χ0n) is 9.02. The van der Waals surface area contributed by atoms with Crippen molar-refractivity contribution in [1.29, 1.82) is 0 Å². The number of pyridine rings is 1. The van der Waals surface area contributed by atoms with Crippen LogP contribution < -0.4 is 5.73 Å². The predicted molar refractivity (Wildman–Crippen MR) is 64.2 cm³/mol. The molecule has 4 nitrogen and oxygen atoms in total. The molecule has 0 aromatic carbocycles. The van der Waals surface area contributed by atoms with Crippen molar-refractivity contribution in [3.63, 3.8) is 0 Å². The summed E-state index contributed by atoms with van der Waals surface area (Å²) >= 11 is 6.22. The van der Waals surface area contributed by atoms with E-state index in [1.807, 2.05) is 23.7 Å². The summed E-state index contributed by atoms with van der Waals surface area (Å²) in [6.07, 6.45) is 4.17. The number of nitrogens with zero attached hydrogens (tertiary/aromatic N) is 3. The monoisotopic (exact) mass is 236 g/mol. The van der Waals surface area contributed by atoms with E-state index in [1.54, 1.807) is 12.4 Å². The van der Waals surface area contributed by atoms with Gasteiger partial charge in [-0.15, -0.1) is 0 Å². The van der Waals surface area contributed by atoms with Crippen LogP contribution in [0.2, 0.25) is 5.15 Å². The second kappa shape index (κ2) is 4.63. The molecule has 0 unspecified atom stereocenters. The Hall–Kier alpha value is -1.39. The Morgan fingerprint density at radius 1 is 1.38 bits per heavy atom. The third kappa shape index (κ3) is 1.94. The molecule has 0 radical (unpaired) electrons. The van der Waals surface area contributed by atoms with Crippen LogP contribution in [0.4, 0.5) is 0 Å². The van der Waals surface area contributed by atoms with E-state index < -0.39 is 0 Å². The van der Waals surface area contributed by atoms with Crippen LogP contribution in [0.5, 0.6) is 0 Å². The van der Waals surface area contributed by atoms with Crippen molar-refractivity contribution in [2.45, 2.75) is 6.42 Å². The molecule has 0 aliphatic carbocycles. The van der Waals surface area contributed by atoms with Crippen molar-refractivity contribution >= 4 is 11.6 Å². The average molecular weight is 237 g/mol. The molecule has 0 spiro atoms. The van der Waals surface area contributed by atoms with E-state index in [2.05, 4.69) is 9.97 Å². The fourth-order valence-electron chi connectivity index (χ4n) is 1.57. The Morgan fingerprint density at radius 2 is 2.06 bits per heavy atom. The highest BCUT2D eigenvalue weighted by Gasteiger charge is 2.13. The fraction of sp³-hybridized carbons (Fsp3) is 0.273. The third-order valence-corrected chi connectivity index (χ3v) is 2.87. The van der Waals surface area contributed by atoms with Crippen LogP contribution in [0.1, 0.15) is 5.82 Å². The molecular formula is C11H13ClN4. The molecule has 0 amide bonds. The Kier molecular flexibility index (Phi) is 3.22. The lowest BCUT2D eigenvalue weighted by Gasteiger charge is -1.99. The first-order valence-electron chi connectivity index (χ1n) is 5.05. The minimum atomic E-state index is 0.566. The summed E-state index contributed by atoms with van der Waals surface area (Å²) in [4.78, 5) is 8.46. The molecule has 84 valence electrons. The van der Waals surface area contributed by atoms with Crippen LogP contribution in [0.15, 0.2) is 24.5 Å². The number of aromatic nitrogens is 3. The van der Waals surface area contributed by atoms with Crippen molar-refractivity contribution in [2.24, 2.45) is 12.8 Å². The van der Waals surface area contributed by atoms with Gasteiger partial charge in [0.1, 0.15) is 16.7 Å². The lowest BCUT2D eigenvalue weighted by Crippen LogP contribution is -2.07. The largest absolute Gasteiger partial charge is 0.330 e. The van der Waals surface area contributed by atoms with Crippen molar-refractivity contribution in [3.05, 3.63) is 35.5 Å².